The fourth-order valence-corrected chi connectivity index (χ4v) is 3.74. The zero-order valence-electron chi connectivity index (χ0n) is 11.6. The van der Waals surface area contributed by atoms with Crippen molar-refractivity contribution in [1.29, 1.82) is 0 Å². The van der Waals surface area contributed by atoms with Gasteiger partial charge < -0.3 is 15.0 Å². The number of fused-ring (bicyclic) bond motifs is 2. The highest BCUT2D eigenvalue weighted by Gasteiger charge is 2.18. The third-order valence-electron chi connectivity index (χ3n) is 3.71. The topological polar surface area (TPSA) is 46.6 Å². The van der Waals surface area contributed by atoms with E-state index in [4.69, 9.17) is 5.73 Å². The normalized spacial score (nSPS) is 14.4. The van der Waals surface area contributed by atoms with Crippen LogP contribution < -0.4 is 10.6 Å². The summed E-state index contributed by atoms with van der Waals surface area (Å²) in [6, 6.07) is 12.2. The predicted molar refractivity (Wildman–Crippen MR) is 87.8 cm³/mol. The van der Waals surface area contributed by atoms with Gasteiger partial charge in [0.1, 0.15) is 5.65 Å². The molecule has 0 spiro atoms. The Labute approximate surface area is 127 Å². The molecule has 5 heteroatoms. The third-order valence-corrected chi connectivity index (χ3v) is 4.75. The fourth-order valence-electron chi connectivity index (χ4n) is 2.71. The number of anilines is 2. The molecule has 0 unspecified atom stereocenters. The van der Waals surface area contributed by atoms with Gasteiger partial charge in [-0.3, -0.25) is 0 Å². The van der Waals surface area contributed by atoms with Crippen LogP contribution in [0, 0.1) is 0 Å². The third kappa shape index (κ3) is 2.34. The van der Waals surface area contributed by atoms with Crippen LogP contribution in [-0.2, 0) is 6.54 Å². The molecule has 0 radical (unpaired) electrons. The van der Waals surface area contributed by atoms with Gasteiger partial charge in [0.25, 0.3) is 0 Å². The van der Waals surface area contributed by atoms with E-state index in [1.165, 1.54) is 10.6 Å². The van der Waals surface area contributed by atoms with Gasteiger partial charge in [-0.25, -0.2) is 4.98 Å². The first kappa shape index (κ1) is 12.6. The van der Waals surface area contributed by atoms with E-state index in [2.05, 4.69) is 32.6 Å². The van der Waals surface area contributed by atoms with Gasteiger partial charge >= 0.3 is 0 Å². The van der Waals surface area contributed by atoms with E-state index in [0.29, 0.717) is 0 Å². The summed E-state index contributed by atoms with van der Waals surface area (Å²) in [6.45, 7) is 1.84. The molecule has 21 heavy (non-hydrogen) atoms. The molecule has 0 aliphatic carbocycles. The summed E-state index contributed by atoms with van der Waals surface area (Å²) in [4.78, 5) is 8.36. The van der Waals surface area contributed by atoms with Gasteiger partial charge in [0.05, 0.1) is 17.9 Å². The Morgan fingerprint density at radius 3 is 3.10 bits per heavy atom. The Morgan fingerprint density at radius 2 is 2.19 bits per heavy atom. The highest BCUT2D eigenvalue weighted by molar-refractivity contribution is 7.99. The summed E-state index contributed by atoms with van der Waals surface area (Å²) in [7, 11) is 0. The molecule has 106 valence electrons. The summed E-state index contributed by atoms with van der Waals surface area (Å²) in [5.74, 6) is 1.10. The standard InChI is InChI=1S/C16H16N4S/c17-12-4-5-15-14(9-12)19(7-8-21-15)10-13-11-20-6-2-1-3-16(20)18-13/h1-6,9,11H,7-8,10,17H2. The molecular weight excluding hydrogens is 280 g/mol. The summed E-state index contributed by atoms with van der Waals surface area (Å²) in [5.41, 5.74) is 10.1. The van der Waals surface area contributed by atoms with Crippen LogP contribution in [0.15, 0.2) is 53.7 Å². The van der Waals surface area contributed by atoms with Crippen molar-refractivity contribution in [2.24, 2.45) is 0 Å². The Hall–Kier alpha value is -2.14. The van der Waals surface area contributed by atoms with Crippen molar-refractivity contribution >= 4 is 28.8 Å². The average molecular weight is 296 g/mol. The van der Waals surface area contributed by atoms with Gasteiger partial charge in [0, 0.05) is 35.3 Å². The number of benzene rings is 1. The molecule has 3 aromatic rings. The van der Waals surface area contributed by atoms with E-state index in [1.54, 1.807) is 0 Å². The molecule has 1 aliphatic rings. The first-order valence-corrected chi connectivity index (χ1v) is 7.98. The average Bonchev–Trinajstić information content (AvgIpc) is 2.90. The van der Waals surface area contributed by atoms with Gasteiger partial charge in [-0.15, -0.1) is 11.8 Å². The number of thioether (sulfide) groups is 1. The van der Waals surface area contributed by atoms with E-state index in [-0.39, 0.29) is 0 Å². The zero-order chi connectivity index (χ0) is 14.2. The Kier molecular flexibility index (Phi) is 3.00. The lowest BCUT2D eigenvalue weighted by molar-refractivity contribution is 0.803. The van der Waals surface area contributed by atoms with Crippen LogP contribution in [0.5, 0.6) is 0 Å². The quantitative estimate of drug-likeness (QED) is 0.738. The van der Waals surface area contributed by atoms with Crippen molar-refractivity contribution in [3.63, 3.8) is 0 Å². The monoisotopic (exact) mass is 296 g/mol. The van der Waals surface area contributed by atoms with Gasteiger partial charge in [-0.05, 0) is 30.3 Å². The molecule has 4 rings (SSSR count). The second kappa shape index (κ2) is 5.00. The molecule has 0 saturated heterocycles. The minimum absolute atomic E-state index is 0.816. The minimum atomic E-state index is 0.816. The van der Waals surface area contributed by atoms with Crippen molar-refractivity contribution < 1.29 is 0 Å². The highest BCUT2D eigenvalue weighted by atomic mass is 32.2. The maximum absolute atomic E-state index is 5.94. The lowest BCUT2D eigenvalue weighted by Crippen LogP contribution is -2.28. The van der Waals surface area contributed by atoms with Crippen molar-refractivity contribution in [3.05, 3.63) is 54.5 Å². The predicted octanol–water partition coefficient (Wildman–Crippen LogP) is 3.03. The van der Waals surface area contributed by atoms with Crippen molar-refractivity contribution in [3.8, 4) is 0 Å². The second-order valence-corrected chi connectivity index (χ2v) is 6.33. The maximum atomic E-state index is 5.94. The van der Waals surface area contributed by atoms with E-state index >= 15 is 0 Å². The van der Waals surface area contributed by atoms with Crippen molar-refractivity contribution in [2.75, 3.05) is 22.9 Å². The van der Waals surface area contributed by atoms with Gasteiger partial charge in [-0.1, -0.05) is 6.07 Å². The maximum Gasteiger partial charge on any atom is 0.137 e. The lowest BCUT2D eigenvalue weighted by atomic mass is 10.2. The molecule has 3 heterocycles. The summed E-state index contributed by atoms with van der Waals surface area (Å²) >= 11 is 1.89. The zero-order valence-corrected chi connectivity index (χ0v) is 12.4. The van der Waals surface area contributed by atoms with Crippen LogP contribution in [-0.4, -0.2) is 21.7 Å². The molecular formula is C16H16N4S. The molecule has 2 aromatic heterocycles. The summed E-state index contributed by atoms with van der Waals surface area (Å²) in [5, 5.41) is 0. The molecule has 1 aliphatic heterocycles. The molecule has 0 bridgehead atoms. The number of nitrogens with two attached hydrogens (primary N) is 1. The Balaban J connectivity index is 1.67. The van der Waals surface area contributed by atoms with Crippen LogP contribution in [0.1, 0.15) is 5.69 Å². The molecule has 1 aromatic carbocycles. The van der Waals surface area contributed by atoms with Crippen LogP contribution >= 0.6 is 11.8 Å². The van der Waals surface area contributed by atoms with E-state index < -0.39 is 0 Å². The fraction of sp³-hybridized carbons (Fsp3) is 0.188. The molecule has 0 amide bonds. The Morgan fingerprint density at radius 1 is 1.24 bits per heavy atom. The number of aromatic nitrogens is 2. The summed E-state index contributed by atoms with van der Waals surface area (Å²) in [6.07, 6.45) is 4.13. The van der Waals surface area contributed by atoms with E-state index in [1.807, 2.05) is 42.2 Å². The number of imidazole rings is 1. The van der Waals surface area contributed by atoms with Crippen LogP contribution in [0.4, 0.5) is 11.4 Å². The smallest absolute Gasteiger partial charge is 0.137 e. The Bertz CT molecular complexity index is 763. The molecule has 0 saturated carbocycles. The number of rotatable bonds is 2. The first-order chi connectivity index (χ1) is 10.3. The molecule has 2 N–H and O–H groups in total. The molecule has 0 atom stereocenters. The van der Waals surface area contributed by atoms with Gasteiger partial charge in [-0.2, -0.15) is 0 Å². The van der Waals surface area contributed by atoms with E-state index in [0.717, 1.165) is 35.9 Å². The highest BCUT2D eigenvalue weighted by Crippen LogP contribution is 2.36. The first-order valence-electron chi connectivity index (χ1n) is 6.99. The number of nitrogens with zero attached hydrogens (tertiary/aromatic N) is 3. The number of pyridine rings is 1. The minimum Gasteiger partial charge on any atom is -0.399 e. The number of hydrogen-bond acceptors (Lipinski definition) is 4. The molecule has 4 nitrogen and oxygen atoms in total. The van der Waals surface area contributed by atoms with Gasteiger partial charge in [0.2, 0.25) is 0 Å². The van der Waals surface area contributed by atoms with Gasteiger partial charge in [0.15, 0.2) is 0 Å². The second-order valence-electron chi connectivity index (χ2n) is 5.20. The van der Waals surface area contributed by atoms with Crippen molar-refractivity contribution in [1.82, 2.24) is 9.38 Å². The van der Waals surface area contributed by atoms with Crippen LogP contribution in [0.2, 0.25) is 0 Å². The van der Waals surface area contributed by atoms with Crippen LogP contribution in [0.25, 0.3) is 5.65 Å². The van der Waals surface area contributed by atoms with Crippen molar-refractivity contribution in [2.45, 2.75) is 11.4 Å². The lowest BCUT2D eigenvalue weighted by Gasteiger charge is -2.30. The summed E-state index contributed by atoms with van der Waals surface area (Å²) < 4.78 is 2.06. The molecule has 0 fully saturated rings. The number of nitrogen functional groups attached to an aromatic ring is 1. The van der Waals surface area contributed by atoms with Crippen LogP contribution in [0.3, 0.4) is 0 Å². The number of hydrogen-bond donors (Lipinski definition) is 1. The largest absolute Gasteiger partial charge is 0.399 e. The SMILES string of the molecule is Nc1ccc2c(c1)N(Cc1cn3ccccc3n1)CCS2. The van der Waals surface area contributed by atoms with E-state index in [9.17, 15) is 0 Å².